The Bertz CT molecular complexity index is 645. The van der Waals surface area contributed by atoms with Crippen LogP contribution < -0.4 is 14.4 Å². The van der Waals surface area contributed by atoms with Crippen molar-refractivity contribution >= 4 is 5.69 Å². The van der Waals surface area contributed by atoms with Gasteiger partial charge in [0.25, 0.3) is 0 Å². The molecule has 1 unspecified atom stereocenters. The van der Waals surface area contributed by atoms with Gasteiger partial charge in [-0.05, 0) is 29.8 Å². The molecule has 22 heavy (non-hydrogen) atoms. The molecule has 0 saturated heterocycles. The van der Waals surface area contributed by atoms with Crippen molar-refractivity contribution in [2.24, 2.45) is 0 Å². The normalized spacial score (nSPS) is 15.0. The lowest BCUT2D eigenvalue weighted by Gasteiger charge is -2.33. The fourth-order valence-corrected chi connectivity index (χ4v) is 2.57. The van der Waals surface area contributed by atoms with E-state index in [-0.39, 0.29) is 5.82 Å². The van der Waals surface area contributed by atoms with Gasteiger partial charge in [-0.2, -0.15) is 0 Å². The van der Waals surface area contributed by atoms with Crippen LogP contribution in [0.3, 0.4) is 0 Å². The summed E-state index contributed by atoms with van der Waals surface area (Å²) in [6, 6.07) is 11.5. The molecule has 0 aliphatic carbocycles. The lowest BCUT2D eigenvalue weighted by molar-refractivity contribution is 0.178. The molecule has 1 aliphatic heterocycles. The van der Waals surface area contributed by atoms with E-state index in [2.05, 4.69) is 4.90 Å². The number of halogens is 1. The van der Waals surface area contributed by atoms with E-state index in [1.54, 1.807) is 19.2 Å². The van der Waals surface area contributed by atoms with Crippen LogP contribution in [0, 0.1) is 5.82 Å². The lowest BCUT2D eigenvalue weighted by Crippen LogP contribution is -2.36. The Morgan fingerprint density at radius 2 is 2.05 bits per heavy atom. The summed E-state index contributed by atoms with van der Waals surface area (Å²) >= 11 is 0. The predicted molar refractivity (Wildman–Crippen MR) is 82.1 cm³/mol. The minimum absolute atomic E-state index is 0.308. The summed E-state index contributed by atoms with van der Waals surface area (Å²) in [5.41, 5.74) is 1.59. The highest BCUT2D eigenvalue weighted by Gasteiger charge is 2.21. The summed E-state index contributed by atoms with van der Waals surface area (Å²) in [4.78, 5) is 2.05. The van der Waals surface area contributed by atoms with Crippen LogP contribution in [0.1, 0.15) is 11.7 Å². The maximum absolute atomic E-state index is 13.0. The molecule has 1 heterocycles. The highest BCUT2D eigenvalue weighted by Crippen LogP contribution is 2.35. The van der Waals surface area contributed by atoms with E-state index >= 15 is 0 Å². The minimum atomic E-state index is -0.697. The predicted octanol–water partition coefficient (Wildman–Crippen LogP) is 2.77. The van der Waals surface area contributed by atoms with Crippen molar-refractivity contribution in [1.29, 1.82) is 0 Å². The number of methoxy groups -OCH3 is 1. The number of fused-ring (bicyclic) bond motifs is 1. The molecule has 0 radical (unpaired) electrons. The van der Waals surface area contributed by atoms with E-state index in [1.165, 1.54) is 12.1 Å². The quantitative estimate of drug-likeness (QED) is 0.943. The Hall–Kier alpha value is -2.27. The zero-order chi connectivity index (χ0) is 15.5. The molecule has 116 valence electrons. The van der Waals surface area contributed by atoms with Crippen molar-refractivity contribution in [3.8, 4) is 11.5 Å². The summed E-state index contributed by atoms with van der Waals surface area (Å²) in [5.74, 6) is 1.21. The Morgan fingerprint density at radius 1 is 1.27 bits per heavy atom. The molecular weight excluding hydrogens is 285 g/mol. The summed E-state index contributed by atoms with van der Waals surface area (Å²) in [7, 11) is 1.61. The Labute approximate surface area is 128 Å². The van der Waals surface area contributed by atoms with Gasteiger partial charge in [-0.3, -0.25) is 0 Å². The van der Waals surface area contributed by atoms with E-state index in [0.717, 1.165) is 17.2 Å². The summed E-state index contributed by atoms with van der Waals surface area (Å²) in [6.45, 7) is 1.66. The van der Waals surface area contributed by atoms with Gasteiger partial charge in [0, 0.05) is 12.6 Å². The van der Waals surface area contributed by atoms with Gasteiger partial charge < -0.3 is 19.5 Å². The molecule has 0 saturated carbocycles. The van der Waals surface area contributed by atoms with E-state index in [4.69, 9.17) is 9.47 Å². The van der Waals surface area contributed by atoms with Crippen molar-refractivity contribution in [2.75, 3.05) is 31.7 Å². The van der Waals surface area contributed by atoms with Crippen LogP contribution in [0.4, 0.5) is 10.1 Å². The fraction of sp³-hybridized carbons (Fsp3) is 0.294. The first-order chi connectivity index (χ1) is 10.7. The van der Waals surface area contributed by atoms with Crippen LogP contribution in [-0.2, 0) is 0 Å². The van der Waals surface area contributed by atoms with E-state index < -0.39 is 6.10 Å². The molecule has 4 nitrogen and oxygen atoms in total. The maximum Gasteiger partial charge on any atom is 0.142 e. The van der Waals surface area contributed by atoms with E-state index in [9.17, 15) is 9.50 Å². The van der Waals surface area contributed by atoms with Crippen LogP contribution in [-0.4, -0.2) is 31.9 Å². The Balaban J connectivity index is 1.80. The van der Waals surface area contributed by atoms with Crippen LogP contribution in [0.25, 0.3) is 0 Å². The van der Waals surface area contributed by atoms with Gasteiger partial charge in [0.15, 0.2) is 0 Å². The number of aliphatic hydroxyl groups is 1. The largest absolute Gasteiger partial charge is 0.497 e. The third-order valence-electron chi connectivity index (χ3n) is 3.77. The van der Waals surface area contributed by atoms with Gasteiger partial charge in [0.2, 0.25) is 0 Å². The van der Waals surface area contributed by atoms with Crippen molar-refractivity contribution in [1.82, 2.24) is 0 Å². The Morgan fingerprint density at radius 3 is 2.77 bits per heavy atom. The first-order valence-corrected chi connectivity index (χ1v) is 7.16. The van der Waals surface area contributed by atoms with Gasteiger partial charge in [0.1, 0.15) is 23.9 Å². The van der Waals surface area contributed by atoms with Crippen LogP contribution in [0.15, 0.2) is 42.5 Å². The summed E-state index contributed by atoms with van der Waals surface area (Å²) in [6.07, 6.45) is -0.697. The standard InChI is InChI=1S/C17H18FNO3/c1-21-14-6-7-17-15(10-14)19(8-9-22-17)11-16(20)12-2-4-13(18)5-3-12/h2-7,10,16,20H,8-9,11H2,1H3. The number of hydrogen-bond donors (Lipinski definition) is 1. The minimum Gasteiger partial charge on any atom is -0.497 e. The molecule has 1 N–H and O–H groups in total. The first kappa shape index (κ1) is 14.7. The number of nitrogens with zero attached hydrogens (tertiary/aromatic N) is 1. The molecule has 1 aliphatic rings. The van der Waals surface area contributed by atoms with Crippen LogP contribution in [0.2, 0.25) is 0 Å². The molecule has 0 bridgehead atoms. The number of ether oxygens (including phenoxy) is 2. The molecular formula is C17H18FNO3. The van der Waals surface area contributed by atoms with Gasteiger partial charge in [-0.15, -0.1) is 0 Å². The molecule has 0 spiro atoms. The van der Waals surface area contributed by atoms with Crippen molar-refractivity contribution < 1.29 is 19.0 Å². The monoisotopic (exact) mass is 303 g/mol. The second-order valence-corrected chi connectivity index (χ2v) is 5.20. The van der Waals surface area contributed by atoms with Gasteiger partial charge in [-0.25, -0.2) is 4.39 Å². The third-order valence-corrected chi connectivity index (χ3v) is 3.77. The van der Waals surface area contributed by atoms with Crippen molar-refractivity contribution in [2.45, 2.75) is 6.10 Å². The van der Waals surface area contributed by atoms with Crippen LogP contribution in [0.5, 0.6) is 11.5 Å². The number of anilines is 1. The van der Waals surface area contributed by atoms with Crippen molar-refractivity contribution in [3.05, 3.63) is 53.8 Å². The number of aliphatic hydroxyl groups excluding tert-OH is 1. The fourth-order valence-electron chi connectivity index (χ4n) is 2.57. The smallest absolute Gasteiger partial charge is 0.142 e. The zero-order valence-electron chi connectivity index (χ0n) is 12.3. The average molecular weight is 303 g/mol. The Kier molecular flexibility index (Phi) is 4.15. The third kappa shape index (κ3) is 2.99. The number of β-amino-alcohol motifs (C(OH)–C–C–N with tert-alkyl or cyclic N) is 1. The van der Waals surface area contributed by atoms with Gasteiger partial charge >= 0.3 is 0 Å². The van der Waals surface area contributed by atoms with E-state index in [0.29, 0.717) is 25.3 Å². The van der Waals surface area contributed by atoms with Gasteiger partial charge in [0.05, 0.1) is 25.4 Å². The van der Waals surface area contributed by atoms with Gasteiger partial charge in [-0.1, -0.05) is 12.1 Å². The highest BCUT2D eigenvalue weighted by atomic mass is 19.1. The highest BCUT2D eigenvalue weighted by molar-refractivity contribution is 5.63. The van der Waals surface area contributed by atoms with Crippen molar-refractivity contribution in [3.63, 3.8) is 0 Å². The van der Waals surface area contributed by atoms with E-state index in [1.807, 2.05) is 18.2 Å². The second-order valence-electron chi connectivity index (χ2n) is 5.20. The molecule has 2 aromatic rings. The summed E-state index contributed by atoms with van der Waals surface area (Å²) in [5, 5.41) is 10.4. The molecule has 1 atom stereocenters. The molecule has 5 heteroatoms. The number of rotatable bonds is 4. The second kappa shape index (κ2) is 6.23. The molecule has 3 rings (SSSR count). The molecule has 0 aromatic heterocycles. The first-order valence-electron chi connectivity index (χ1n) is 7.16. The molecule has 0 amide bonds. The number of benzene rings is 2. The average Bonchev–Trinajstić information content (AvgIpc) is 2.55. The number of hydrogen-bond acceptors (Lipinski definition) is 4. The molecule has 2 aromatic carbocycles. The maximum atomic E-state index is 13.0. The summed E-state index contributed by atoms with van der Waals surface area (Å²) < 4.78 is 23.8. The van der Waals surface area contributed by atoms with Crippen LogP contribution >= 0.6 is 0 Å². The molecule has 0 fully saturated rings. The SMILES string of the molecule is COc1ccc2c(c1)N(CC(O)c1ccc(F)cc1)CCO2. The topological polar surface area (TPSA) is 41.9 Å². The zero-order valence-corrected chi connectivity index (χ0v) is 12.3. The lowest BCUT2D eigenvalue weighted by atomic mass is 10.1.